The molecular weight excluding hydrogens is 129 g/mol. The second kappa shape index (κ2) is 3.83. The smallest absolute Gasteiger partial charge is 0.478 e. The van der Waals surface area contributed by atoms with Gasteiger partial charge >= 0.3 is 21.0 Å². The van der Waals surface area contributed by atoms with E-state index in [2.05, 4.69) is 4.84 Å². The molecule has 0 unspecified atom stereocenters. The molecule has 0 aliphatic heterocycles. The van der Waals surface area contributed by atoms with E-state index in [-0.39, 0.29) is 0 Å². The fourth-order valence-electron chi connectivity index (χ4n) is 0.136. The summed E-state index contributed by atoms with van der Waals surface area (Å²) in [5.41, 5.74) is 0. The highest BCUT2D eigenvalue weighted by atomic mass is 27.2. The van der Waals surface area contributed by atoms with E-state index in [1.807, 2.05) is 0 Å². The minimum absolute atomic E-state index is 0.592. The maximum absolute atomic E-state index is 9.86. The van der Waals surface area contributed by atoms with Gasteiger partial charge in [-0.25, -0.2) is 0 Å². The number of carbonyl (C=O) groups is 1. The average Bonchev–Trinajstić information content (AvgIpc) is 1.61. The molecule has 0 fully saturated rings. The Kier molecular flexibility index (Phi) is 3.78. The molecule has 3 N–H and O–H groups in total. The first-order chi connectivity index (χ1) is 3.63. The highest BCUT2D eigenvalue weighted by molar-refractivity contribution is 6.37. The summed E-state index contributed by atoms with van der Waals surface area (Å²) in [5.74, 6) is -0.592. The number of hydrogen-bond donors (Lipinski definition) is 3. The Hall–Kier alpha value is -0.118. The number of carbonyl (C=O) groups excluding carboxylic acids is 1. The molecule has 0 aromatic carbocycles. The molecule has 0 bridgehead atoms. The fraction of sp³-hybridized carbons (Fsp3) is 0.500. The lowest BCUT2D eigenvalue weighted by Gasteiger charge is -1.97. The fourth-order valence-corrected chi connectivity index (χ4v) is 0.407. The number of hydrogen-bond acceptors (Lipinski definition) is 5. The van der Waals surface area contributed by atoms with Crippen LogP contribution >= 0.6 is 0 Å². The summed E-state index contributed by atoms with van der Waals surface area (Å²) < 4.78 is 18.0. The highest BCUT2D eigenvalue weighted by Gasteiger charge is 2.16. The van der Waals surface area contributed by atoms with Gasteiger partial charge in [0.05, 0.1) is 0 Å². The quantitative estimate of drug-likeness (QED) is 0.302. The molecule has 0 atom stereocenters. The Labute approximate surface area is 51.1 Å². The van der Waals surface area contributed by atoms with Crippen molar-refractivity contribution in [3.05, 3.63) is 0 Å². The van der Waals surface area contributed by atoms with Crippen molar-refractivity contribution < 1.29 is 17.9 Å². The molecule has 0 heterocycles. The Balaban J connectivity index is 3.05. The molecule has 6 heteroatoms. The average molecular weight is 135 g/mol. The second-order valence-electron chi connectivity index (χ2n) is 1.09. The third-order valence-electron chi connectivity index (χ3n) is 0.308. The summed E-state index contributed by atoms with van der Waals surface area (Å²) in [6.07, 6.45) is 0. The molecule has 46 valence electrons. The number of rotatable bonds is 2. The van der Waals surface area contributed by atoms with E-state index in [1.54, 1.807) is 4.46 Å². The second-order valence-corrected chi connectivity index (χ2v) is 2.07. The standard InChI is InChI=1S/C2H4NO2.Al.2H2O/c1-2(4)5-3;;;/h3H,1H3;;2*1H2/q-1;+3;;/p-2. The van der Waals surface area contributed by atoms with Crippen molar-refractivity contribution in [3.63, 3.8) is 0 Å². The van der Waals surface area contributed by atoms with Crippen LogP contribution < -0.4 is 4.46 Å². The third kappa shape index (κ3) is 5.88. The molecule has 8 heavy (non-hydrogen) atoms. The van der Waals surface area contributed by atoms with Gasteiger partial charge in [-0.15, -0.1) is 0 Å². The SMILES string of the molecule is CC(=O)O[NH][Al]([OH])[OH]. The van der Waals surface area contributed by atoms with Crippen LogP contribution in [0, 0.1) is 0 Å². The molecule has 0 spiro atoms. The minimum Gasteiger partial charge on any atom is -0.478 e. The van der Waals surface area contributed by atoms with E-state index >= 15 is 0 Å². The Bertz CT molecular complexity index is 84.1. The van der Waals surface area contributed by atoms with Gasteiger partial charge in [0, 0.05) is 6.92 Å². The van der Waals surface area contributed by atoms with Crippen LogP contribution in [-0.2, 0) is 9.63 Å². The first-order valence-electron chi connectivity index (χ1n) is 1.92. The van der Waals surface area contributed by atoms with E-state index in [0.29, 0.717) is 0 Å². The zero-order valence-corrected chi connectivity index (χ0v) is 5.44. The Morgan fingerprint density at radius 2 is 2.25 bits per heavy atom. The zero-order valence-electron chi connectivity index (χ0n) is 4.29. The molecule has 0 aliphatic carbocycles. The van der Waals surface area contributed by atoms with Gasteiger partial charge in [0.25, 0.3) is 0 Å². The maximum Gasteiger partial charge on any atom is 0.831 e. The van der Waals surface area contributed by atoms with Gasteiger partial charge < -0.3 is 13.2 Å². The van der Waals surface area contributed by atoms with Crippen LogP contribution in [0.4, 0.5) is 0 Å². The van der Waals surface area contributed by atoms with E-state index in [4.69, 9.17) is 8.32 Å². The van der Waals surface area contributed by atoms with Crippen LogP contribution in [-0.4, -0.2) is 29.3 Å². The highest BCUT2D eigenvalue weighted by Crippen LogP contribution is 1.66. The van der Waals surface area contributed by atoms with E-state index < -0.39 is 21.0 Å². The molecule has 0 rings (SSSR count). The van der Waals surface area contributed by atoms with Gasteiger partial charge in [-0.3, -0.25) is 4.79 Å². The van der Waals surface area contributed by atoms with Crippen LogP contribution in [0.3, 0.4) is 0 Å². The van der Waals surface area contributed by atoms with E-state index in [0.717, 1.165) is 6.92 Å². The topological polar surface area (TPSA) is 78.8 Å². The molecule has 5 nitrogen and oxygen atoms in total. The van der Waals surface area contributed by atoms with Crippen molar-refractivity contribution in [2.24, 2.45) is 0 Å². The summed E-state index contributed by atoms with van der Waals surface area (Å²) in [5, 5.41) is 0. The van der Waals surface area contributed by atoms with Crippen LogP contribution in [0.1, 0.15) is 6.92 Å². The lowest BCUT2D eigenvalue weighted by atomic mass is 10.8. The molecule has 0 saturated heterocycles. The summed E-state index contributed by atoms with van der Waals surface area (Å²) in [4.78, 5) is 13.8. The monoisotopic (exact) mass is 135 g/mol. The summed E-state index contributed by atoms with van der Waals surface area (Å²) in [7, 11) is 0. The van der Waals surface area contributed by atoms with Crippen molar-refractivity contribution in [1.29, 1.82) is 0 Å². The van der Waals surface area contributed by atoms with Gasteiger partial charge in [-0.2, -0.15) is 4.46 Å². The first kappa shape index (κ1) is 7.88. The zero-order chi connectivity index (χ0) is 6.57. The summed E-state index contributed by atoms with van der Waals surface area (Å²) >= 11 is -2.92. The summed E-state index contributed by atoms with van der Waals surface area (Å²) in [6, 6.07) is 0. The molecule has 0 aliphatic rings. The maximum atomic E-state index is 9.86. The molecule has 0 aromatic rings. The van der Waals surface area contributed by atoms with Crippen molar-refractivity contribution in [1.82, 2.24) is 4.46 Å². The van der Waals surface area contributed by atoms with Crippen molar-refractivity contribution in [3.8, 4) is 0 Å². The van der Waals surface area contributed by atoms with Crippen LogP contribution in [0.25, 0.3) is 0 Å². The first-order valence-corrected chi connectivity index (χ1v) is 3.53. The van der Waals surface area contributed by atoms with E-state index in [1.165, 1.54) is 0 Å². The predicted octanol–water partition coefficient (Wildman–Crippen LogP) is -1.98. The Morgan fingerprint density at radius 3 is 2.38 bits per heavy atom. The van der Waals surface area contributed by atoms with Gasteiger partial charge in [0.15, 0.2) is 0 Å². The van der Waals surface area contributed by atoms with Crippen molar-refractivity contribution >= 4 is 21.0 Å². The summed E-state index contributed by atoms with van der Waals surface area (Å²) in [6.45, 7) is 1.16. The predicted molar refractivity (Wildman–Crippen MR) is 25.1 cm³/mol. The largest absolute Gasteiger partial charge is 0.831 e. The third-order valence-corrected chi connectivity index (χ3v) is 0.637. The van der Waals surface area contributed by atoms with Crippen LogP contribution in [0.5, 0.6) is 0 Å². The van der Waals surface area contributed by atoms with E-state index in [9.17, 15) is 4.79 Å². The van der Waals surface area contributed by atoms with Crippen molar-refractivity contribution in [2.45, 2.75) is 6.92 Å². The molecular formula is C2H6AlNO4. The lowest BCUT2D eigenvalue weighted by molar-refractivity contribution is -0.145. The normalized spacial score (nSPS) is 8.38. The number of nitrogens with one attached hydrogen (secondary N) is 1. The van der Waals surface area contributed by atoms with Gasteiger partial charge in [-0.1, -0.05) is 0 Å². The van der Waals surface area contributed by atoms with Gasteiger partial charge in [0.2, 0.25) is 0 Å². The lowest BCUT2D eigenvalue weighted by Crippen LogP contribution is -2.35. The Morgan fingerprint density at radius 1 is 1.75 bits per heavy atom. The van der Waals surface area contributed by atoms with Crippen LogP contribution in [0.15, 0.2) is 0 Å². The molecule has 0 radical (unpaired) electrons. The van der Waals surface area contributed by atoms with Crippen molar-refractivity contribution in [2.75, 3.05) is 0 Å². The minimum atomic E-state index is -2.92. The van der Waals surface area contributed by atoms with Gasteiger partial charge in [0.1, 0.15) is 0 Å². The molecule has 0 saturated carbocycles. The molecule has 0 aromatic heterocycles. The molecule has 0 amide bonds. The van der Waals surface area contributed by atoms with Crippen LogP contribution in [0.2, 0.25) is 0 Å². The van der Waals surface area contributed by atoms with Gasteiger partial charge in [-0.05, 0) is 0 Å².